The largest absolute Gasteiger partial charge is 0.368 e. The SMILES string of the molecule is Cc1cccc(CO[C@H](CN2CCN(C(=O)c3c(-c4ccccc4Cl)noc3C)CC2)c2ccc(Cl)cc2)c1. The third-order valence-corrected chi connectivity index (χ3v) is 7.65. The van der Waals surface area contributed by atoms with E-state index in [1.165, 1.54) is 5.56 Å². The van der Waals surface area contributed by atoms with Crippen molar-refractivity contribution >= 4 is 29.1 Å². The van der Waals surface area contributed by atoms with Crippen LogP contribution in [0.15, 0.2) is 77.3 Å². The molecule has 0 N–H and O–H groups in total. The van der Waals surface area contributed by atoms with Gasteiger partial charge in [0.2, 0.25) is 0 Å². The lowest BCUT2D eigenvalue weighted by Gasteiger charge is -2.36. The molecule has 3 aromatic carbocycles. The Labute approximate surface area is 239 Å². The number of amides is 1. The number of benzene rings is 3. The molecule has 0 bridgehead atoms. The molecule has 0 saturated carbocycles. The number of halogens is 2. The number of rotatable bonds is 8. The average Bonchev–Trinajstić information content (AvgIpc) is 3.32. The number of piperazine rings is 1. The van der Waals surface area contributed by atoms with Crippen molar-refractivity contribution in [2.75, 3.05) is 32.7 Å². The summed E-state index contributed by atoms with van der Waals surface area (Å²) in [5.41, 5.74) is 5.07. The van der Waals surface area contributed by atoms with Crippen molar-refractivity contribution in [3.63, 3.8) is 0 Å². The van der Waals surface area contributed by atoms with E-state index in [1.54, 1.807) is 13.0 Å². The van der Waals surface area contributed by atoms with E-state index in [1.807, 2.05) is 47.4 Å². The summed E-state index contributed by atoms with van der Waals surface area (Å²) < 4.78 is 11.9. The summed E-state index contributed by atoms with van der Waals surface area (Å²) in [7, 11) is 0. The van der Waals surface area contributed by atoms with E-state index in [-0.39, 0.29) is 12.0 Å². The second-order valence-electron chi connectivity index (χ2n) is 9.88. The number of nitrogens with zero attached hydrogens (tertiary/aromatic N) is 3. The van der Waals surface area contributed by atoms with E-state index >= 15 is 0 Å². The van der Waals surface area contributed by atoms with Crippen LogP contribution in [0.3, 0.4) is 0 Å². The van der Waals surface area contributed by atoms with Crippen molar-refractivity contribution in [3.05, 3.63) is 111 Å². The Hall–Kier alpha value is -3.16. The summed E-state index contributed by atoms with van der Waals surface area (Å²) in [5.74, 6) is 0.401. The predicted molar refractivity (Wildman–Crippen MR) is 154 cm³/mol. The Kier molecular flexibility index (Phi) is 8.68. The van der Waals surface area contributed by atoms with Crippen LogP contribution < -0.4 is 0 Å². The molecule has 1 aliphatic heterocycles. The predicted octanol–water partition coefficient (Wildman–Crippen LogP) is 6.98. The highest BCUT2D eigenvalue weighted by Crippen LogP contribution is 2.32. The summed E-state index contributed by atoms with van der Waals surface area (Å²) in [6.07, 6.45) is -0.128. The van der Waals surface area contributed by atoms with Crippen molar-refractivity contribution in [2.24, 2.45) is 0 Å². The molecule has 1 amide bonds. The minimum absolute atomic E-state index is 0.0896. The molecule has 2 heterocycles. The van der Waals surface area contributed by atoms with Crippen molar-refractivity contribution in [2.45, 2.75) is 26.6 Å². The number of carbonyl (C=O) groups is 1. The van der Waals surface area contributed by atoms with Crippen LogP contribution >= 0.6 is 23.2 Å². The highest BCUT2D eigenvalue weighted by atomic mass is 35.5. The van der Waals surface area contributed by atoms with Crippen LogP contribution in [0.1, 0.15) is 38.9 Å². The first-order valence-electron chi connectivity index (χ1n) is 13.0. The molecule has 202 valence electrons. The summed E-state index contributed by atoms with van der Waals surface area (Å²) in [6, 6.07) is 23.6. The number of ether oxygens (including phenoxy) is 1. The first-order valence-corrected chi connectivity index (χ1v) is 13.8. The summed E-state index contributed by atoms with van der Waals surface area (Å²) >= 11 is 12.5. The first-order chi connectivity index (χ1) is 18.9. The molecular formula is C31H31Cl2N3O3. The number of aromatic nitrogens is 1. The Bertz CT molecular complexity index is 1430. The summed E-state index contributed by atoms with van der Waals surface area (Å²) in [4.78, 5) is 17.8. The van der Waals surface area contributed by atoms with Gasteiger partial charge in [-0.25, -0.2) is 0 Å². The van der Waals surface area contributed by atoms with Crippen LogP contribution in [0, 0.1) is 13.8 Å². The van der Waals surface area contributed by atoms with E-state index in [0.717, 1.165) is 24.2 Å². The Morgan fingerprint density at radius 1 is 0.974 bits per heavy atom. The number of carbonyl (C=O) groups excluding carboxylic acids is 1. The molecule has 1 aliphatic rings. The van der Waals surface area contributed by atoms with Gasteiger partial charge in [-0.15, -0.1) is 0 Å². The third kappa shape index (κ3) is 6.53. The fourth-order valence-electron chi connectivity index (χ4n) is 4.92. The quantitative estimate of drug-likeness (QED) is 0.231. The third-order valence-electron chi connectivity index (χ3n) is 7.06. The maximum absolute atomic E-state index is 13.6. The molecule has 0 radical (unpaired) electrons. The van der Waals surface area contributed by atoms with Gasteiger partial charge < -0.3 is 14.2 Å². The summed E-state index contributed by atoms with van der Waals surface area (Å²) in [5, 5.41) is 5.39. The van der Waals surface area contributed by atoms with Crippen LogP contribution in [-0.4, -0.2) is 53.6 Å². The van der Waals surface area contributed by atoms with Gasteiger partial charge in [0.25, 0.3) is 5.91 Å². The number of hydrogen-bond acceptors (Lipinski definition) is 5. The molecule has 1 fully saturated rings. The topological polar surface area (TPSA) is 58.8 Å². The lowest BCUT2D eigenvalue weighted by molar-refractivity contribution is 0.00340. The normalized spacial score (nSPS) is 14.9. The van der Waals surface area contributed by atoms with Crippen molar-refractivity contribution in [1.82, 2.24) is 15.0 Å². The number of hydrogen-bond donors (Lipinski definition) is 0. The van der Waals surface area contributed by atoms with Crippen LogP contribution in [0.2, 0.25) is 10.0 Å². The van der Waals surface area contributed by atoms with Gasteiger partial charge in [0.1, 0.15) is 17.0 Å². The highest BCUT2D eigenvalue weighted by Gasteiger charge is 2.30. The van der Waals surface area contributed by atoms with Crippen molar-refractivity contribution in [3.8, 4) is 11.3 Å². The van der Waals surface area contributed by atoms with Gasteiger partial charge in [-0.1, -0.05) is 88.5 Å². The molecule has 1 atom stereocenters. The van der Waals surface area contributed by atoms with Gasteiger partial charge in [-0.05, 0) is 43.2 Å². The zero-order valence-corrected chi connectivity index (χ0v) is 23.6. The van der Waals surface area contributed by atoms with Gasteiger partial charge in [0.15, 0.2) is 0 Å². The summed E-state index contributed by atoms with van der Waals surface area (Å²) in [6.45, 7) is 7.73. The molecule has 0 aliphatic carbocycles. The first kappa shape index (κ1) is 27.4. The molecule has 0 unspecified atom stereocenters. The second-order valence-corrected chi connectivity index (χ2v) is 10.7. The van der Waals surface area contributed by atoms with Crippen LogP contribution in [0.25, 0.3) is 11.3 Å². The number of aryl methyl sites for hydroxylation is 2. The van der Waals surface area contributed by atoms with Gasteiger partial charge in [-0.2, -0.15) is 0 Å². The monoisotopic (exact) mass is 563 g/mol. The van der Waals surface area contributed by atoms with Crippen LogP contribution in [-0.2, 0) is 11.3 Å². The van der Waals surface area contributed by atoms with Gasteiger partial charge in [-0.3, -0.25) is 9.69 Å². The second kappa shape index (κ2) is 12.3. The van der Waals surface area contributed by atoms with Crippen molar-refractivity contribution < 1.29 is 14.1 Å². The van der Waals surface area contributed by atoms with E-state index < -0.39 is 0 Å². The smallest absolute Gasteiger partial charge is 0.259 e. The van der Waals surface area contributed by atoms with E-state index in [2.05, 4.69) is 41.2 Å². The van der Waals surface area contributed by atoms with E-state index in [9.17, 15) is 4.79 Å². The highest BCUT2D eigenvalue weighted by molar-refractivity contribution is 6.33. The molecule has 0 spiro atoms. The Morgan fingerprint density at radius 3 is 2.44 bits per heavy atom. The molecular weight excluding hydrogens is 533 g/mol. The minimum atomic E-state index is -0.128. The molecule has 8 heteroatoms. The van der Waals surface area contributed by atoms with Crippen LogP contribution in [0.4, 0.5) is 0 Å². The lowest BCUT2D eigenvalue weighted by Crippen LogP contribution is -2.49. The van der Waals surface area contributed by atoms with Crippen molar-refractivity contribution in [1.29, 1.82) is 0 Å². The van der Waals surface area contributed by atoms with Gasteiger partial charge in [0.05, 0.1) is 17.7 Å². The Balaban J connectivity index is 1.26. The maximum Gasteiger partial charge on any atom is 0.259 e. The molecule has 4 aromatic rings. The molecule has 1 aromatic heterocycles. The molecule has 1 saturated heterocycles. The Morgan fingerprint density at radius 2 is 1.72 bits per heavy atom. The fourth-order valence-corrected chi connectivity index (χ4v) is 5.27. The molecule has 5 rings (SSSR count). The standard InChI is InChI=1S/C31H31Cl2N3O3/c1-21-6-5-7-23(18-21)20-38-28(24-10-12-25(32)13-11-24)19-35-14-16-36(17-15-35)31(37)29-22(2)39-34-30(29)26-8-3-4-9-27(26)33/h3-13,18,28H,14-17,19-20H2,1-2H3/t28-/m1/s1. The molecule has 39 heavy (non-hydrogen) atoms. The average molecular weight is 565 g/mol. The van der Waals surface area contributed by atoms with E-state index in [4.69, 9.17) is 32.5 Å². The fraction of sp³-hybridized carbons (Fsp3) is 0.290. The lowest BCUT2D eigenvalue weighted by atomic mass is 10.0. The zero-order chi connectivity index (χ0) is 27.4. The van der Waals surface area contributed by atoms with E-state index in [0.29, 0.717) is 58.9 Å². The minimum Gasteiger partial charge on any atom is -0.368 e. The maximum atomic E-state index is 13.6. The van der Waals surface area contributed by atoms with Crippen LogP contribution in [0.5, 0.6) is 0 Å². The molecule has 6 nitrogen and oxygen atoms in total. The van der Waals surface area contributed by atoms with Gasteiger partial charge >= 0.3 is 0 Å². The van der Waals surface area contributed by atoms with Gasteiger partial charge in [0, 0.05) is 43.3 Å². The zero-order valence-electron chi connectivity index (χ0n) is 22.1.